The van der Waals surface area contributed by atoms with Crippen LogP contribution in [0.15, 0.2) is 48.7 Å². The number of nitrogens with zero attached hydrogens (tertiary/aromatic N) is 1. The molecular weight excluding hydrogens is 482 g/mol. The van der Waals surface area contributed by atoms with Gasteiger partial charge in [-0.25, -0.2) is 26.3 Å². The van der Waals surface area contributed by atoms with Gasteiger partial charge in [-0.1, -0.05) is 19.4 Å². The van der Waals surface area contributed by atoms with Crippen LogP contribution in [0, 0.1) is 34.9 Å². The van der Waals surface area contributed by atoms with Crippen molar-refractivity contribution >= 4 is 10.8 Å². The van der Waals surface area contributed by atoms with E-state index in [1.165, 1.54) is 6.07 Å². The summed E-state index contributed by atoms with van der Waals surface area (Å²) in [6.07, 6.45) is -2.87. The van der Waals surface area contributed by atoms with Gasteiger partial charge in [0.1, 0.15) is 17.1 Å². The molecule has 0 saturated carbocycles. The second kappa shape index (κ2) is 9.16. The van der Waals surface area contributed by atoms with Crippen LogP contribution in [0.1, 0.15) is 24.5 Å². The standard InChI is InChI=1S/C25H15F8NO/c1-2-3-13-8-12-4-6-16(22(29)20(12)24(31)21(13)28)25(32,33)35-15-5-7-19(34-11-15)14-9-17(26)23(30)18(27)10-14/h4-11H,2-3H2,1H3. The number of aryl methyl sites for hydroxylation is 1. The number of hydrogen-bond donors (Lipinski definition) is 0. The molecule has 10 heteroatoms. The van der Waals surface area contributed by atoms with E-state index in [1.54, 1.807) is 6.92 Å². The number of ether oxygens (including phenoxy) is 1. The van der Waals surface area contributed by atoms with Gasteiger partial charge in [-0.05, 0) is 53.8 Å². The molecule has 0 radical (unpaired) electrons. The van der Waals surface area contributed by atoms with Crippen molar-refractivity contribution in [3.63, 3.8) is 0 Å². The SMILES string of the molecule is CCCc1cc2ccc(C(F)(F)Oc3ccc(-c4cc(F)c(F)c(F)c4)nc3)c(F)c2c(F)c1F. The van der Waals surface area contributed by atoms with Crippen LogP contribution in [0.25, 0.3) is 22.0 Å². The molecule has 0 fully saturated rings. The first-order chi connectivity index (χ1) is 16.5. The van der Waals surface area contributed by atoms with E-state index in [0.29, 0.717) is 24.6 Å². The largest absolute Gasteiger partial charge is 0.429 e. The molecule has 4 aromatic rings. The lowest BCUT2D eigenvalue weighted by molar-refractivity contribution is -0.187. The molecule has 0 amide bonds. The monoisotopic (exact) mass is 497 g/mol. The minimum atomic E-state index is -4.32. The lowest BCUT2D eigenvalue weighted by Crippen LogP contribution is -2.23. The van der Waals surface area contributed by atoms with Gasteiger partial charge >= 0.3 is 6.11 Å². The summed E-state index contributed by atoms with van der Waals surface area (Å²) < 4.78 is 118. The number of pyridine rings is 1. The highest BCUT2D eigenvalue weighted by Crippen LogP contribution is 2.37. The summed E-state index contributed by atoms with van der Waals surface area (Å²) in [5.41, 5.74) is -1.59. The van der Waals surface area contributed by atoms with Gasteiger partial charge in [0, 0.05) is 5.56 Å². The Hall–Kier alpha value is -3.69. The van der Waals surface area contributed by atoms with Crippen LogP contribution >= 0.6 is 0 Å². The first kappa shape index (κ1) is 24.4. The van der Waals surface area contributed by atoms with Gasteiger partial charge in [0.2, 0.25) is 0 Å². The highest BCUT2D eigenvalue weighted by Gasteiger charge is 2.39. The van der Waals surface area contributed by atoms with E-state index in [1.807, 2.05) is 0 Å². The van der Waals surface area contributed by atoms with Crippen LogP contribution in [0.2, 0.25) is 0 Å². The molecule has 0 aliphatic heterocycles. The lowest BCUT2D eigenvalue weighted by Gasteiger charge is -2.20. The molecule has 4 rings (SSSR count). The molecule has 182 valence electrons. The average Bonchev–Trinajstić information content (AvgIpc) is 2.80. The Bertz CT molecular complexity index is 1400. The van der Waals surface area contributed by atoms with E-state index in [-0.39, 0.29) is 28.6 Å². The fourth-order valence-corrected chi connectivity index (χ4v) is 3.63. The van der Waals surface area contributed by atoms with E-state index in [4.69, 9.17) is 0 Å². The zero-order valence-electron chi connectivity index (χ0n) is 17.9. The Balaban J connectivity index is 1.66. The molecule has 0 aliphatic carbocycles. The quantitative estimate of drug-likeness (QED) is 0.200. The zero-order valence-corrected chi connectivity index (χ0v) is 17.9. The maximum absolute atomic E-state index is 14.9. The van der Waals surface area contributed by atoms with Gasteiger partial charge in [0.05, 0.1) is 17.3 Å². The smallest absolute Gasteiger partial charge is 0.427 e. The van der Waals surface area contributed by atoms with Crippen molar-refractivity contribution in [2.24, 2.45) is 0 Å². The highest BCUT2D eigenvalue weighted by atomic mass is 19.3. The number of hydrogen-bond acceptors (Lipinski definition) is 2. The lowest BCUT2D eigenvalue weighted by atomic mass is 9.99. The van der Waals surface area contributed by atoms with Crippen molar-refractivity contribution < 1.29 is 39.9 Å². The predicted molar refractivity (Wildman–Crippen MR) is 112 cm³/mol. The number of rotatable bonds is 6. The van der Waals surface area contributed by atoms with Crippen LogP contribution in [0.4, 0.5) is 35.1 Å². The first-order valence-electron chi connectivity index (χ1n) is 10.3. The fourth-order valence-electron chi connectivity index (χ4n) is 3.63. The highest BCUT2D eigenvalue weighted by molar-refractivity contribution is 5.85. The van der Waals surface area contributed by atoms with Gasteiger partial charge in [-0.15, -0.1) is 0 Å². The van der Waals surface area contributed by atoms with E-state index < -0.39 is 57.7 Å². The third-order valence-electron chi connectivity index (χ3n) is 5.29. The molecule has 1 heterocycles. The summed E-state index contributed by atoms with van der Waals surface area (Å²) in [6.45, 7) is 1.74. The number of aromatic nitrogens is 1. The predicted octanol–water partition coefficient (Wildman–Crippen LogP) is 7.82. The Labute approximate surface area is 193 Å². The Morgan fingerprint density at radius 1 is 0.800 bits per heavy atom. The molecule has 3 aromatic carbocycles. The molecule has 35 heavy (non-hydrogen) atoms. The van der Waals surface area contributed by atoms with E-state index in [0.717, 1.165) is 24.4 Å². The summed E-state index contributed by atoms with van der Waals surface area (Å²) >= 11 is 0. The average molecular weight is 497 g/mol. The van der Waals surface area contributed by atoms with Crippen LogP contribution in [-0.4, -0.2) is 4.98 Å². The second-order valence-corrected chi connectivity index (χ2v) is 7.69. The van der Waals surface area contributed by atoms with Crippen molar-refractivity contribution in [1.29, 1.82) is 0 Å². The maximum atomic E-state index is 14.9. The molecule has 0 unspecified atom stereocenters. The van der Waals surface area contributed by atoms with Crippen molar-refractivity contribution in [3.8, 4) is 17.0 Å². The van der Waals surface area contributed by atoms with Gasteiger partial charge in [0.15, 0.2) is 29.1 Å². The van der Waals surface area contributed by atoms with E-state index in [2.05, 4.69) is 9.72 Å². The van der Waals surface area contributed by atoms with Crippen LogP contribution < -0.4 is 4.74 Å². The number of fused-ring (bicyclic) bond motifs is 1. The minimum absolute atomic E-state index is 0.000239. The third kappa shape index (κ3) is 4.52. The number of benzene rings is 3. The Morgan fingerprint density at radius 3 is 2.09 bits per heavy atom. The molecule has 2 nitrogen and oxygen atoms in total. The van der Waals surface area contributed by atoms with Gasteiger partial charge < -0.3 is 4.74 Å². The first-order valence-corrected chi connectivity index (χ1v) is 10.3. The van der Waals surface area contributed by atoms with E-state index >= 15 is 0 Å². The van der Waals surface area contributed by atoms with Gasteiger partial charge in [0.25, 0.3) is 0 Å². The summed E-state index contributed by atoms with van der Waals surface area (Å²) in [4.78, 5) is 3.75. The molecule has 0 atom stereocenters. The normalized spacial score (nSPS) is 11.8. The Morgan fingerprint density at radius 2 is 1.49 bits per heavy atom. The summed E-state index contributed by atoms with van der Waals surface area (Å²) in [7, 11) is 0. The summed E-state index contributed by atoms with van der Waals surface area (Å²) in [5.74, 6) is -9.75. The van der Waals surface area contributed by atoms with Crippen molar-refractivity contribution in [2.45, 2.75) is 25.9 Å². The fraction of sp³-hybridized carbons (Fsp3) is 0.160. The minimum Gasteiger partial charge on any atom is -0.427 e. The van der Waals surface area contributed by atoms with Gasteiger partial charge in [-0.2, -0.15) is 8.78 Å². The van der Waals surface area contributed by atoms with Crippen molar-refractivity contribution in [3.05, 3.63) is 94.7 Å². The number of halogens is 8. The molecule has 1 aromatic heterocycles. The molecule has 0 spiro atoms. The zero-order chi connectivity index (χ0) is 25.5. The molecule has 0 saturated heterocycles. The Kier molecular flexibility index (Phi) is 6.40. The van der Waals surface area contributed by atoms with Crippen LogP contribution in [0.5, 0.6) is 5.75 Å². The van der Waals surface area contributed by atoms with E-state index in [9.17, 15) is 35.1 Å². The van der Waals surface area contributed by atoms with Gasteiger partial charge in [-0.3, -0.25) is 4.98 Å². The number of alkyl halides is 2. The van der Waals surface area contributed by atoms with Crippen LogP contribution in [-0.2, 0) is 12.5 Å². The van der Waals surface area contributed by atoms with Crippen LogP contribution in [0.3, 0.4) is 0 Å². The summed E-state index contributed by atoms with van der Waals surface area (Å²) in [6, 6.07) is 6.30. The molecular formula is C25H15F8NO. The molecule has 0 N–H and O–H groups in total. The van der Waals surface area contributed by atoms with Crippen molar-refractivity contribution in [2.75, 3.05) is 0 Å². The molecule has 0 aliphatic rings. The second-order valence-electron chi connectivity index (χ2n) is 7.69. The summed E-state index contributed by atoms with van der Waals surface area (Å²) in [5, 5.41) is -1.02. The topological polar surface area (TPSA) is 22.1 Å². The maximum Gasteiger partial charge on any atom is 0.429 e. The molecule has 0 bridgehead atoms. The van der Waals surface area contributed by atoms with Crippen molar-refractivity contribution in [1.82, 2.24) is 4.98 Å². The third-order valence-corrected chi connectivity index (χ3v) is 5.29.